The largest absolute Gasteiger partial charge is 0.361 e. The first-order valence-electron chi connectivity index (χ1n) is 6.06. The minimum Gasteiger partial charge on any atom is -0.361 e. The number of nitrogens with zero attached hydrogens (tertiary/aromatic N) is 2. The molecule has 0 unspecified atom stereocenters. The summed E-state index contributed by atoms with van der Waals surface area (Å²) in [5, 5.41) is 3.71. The lowest BCUT2D eigenvalue weighted by Crippen LogP contribution is -2.35. The SMILES string of the molecule is Cc1cccc(S(=O)(=O)N2CCc3oncc3C2)c1. The molecule has 100 valence electrons. The fourth-order valence-corrected chi connectivity index (χ4v) is 3.77. The summed E-state index contributed by atoms with van der Waals surface area (Å²) in [7, 11) is -3.44. The first-order valence-corrected chi connectivity index (χ1v) is 7.50. The molecule has 0 fully saturated rings. The van der Waals surface area contributed by atoms with Crippen molar-refractivity contribution < 1.29 is 12.9 Å². The third kappa shape index (κ3) is 2.17. The lowest BCUT2D eigenvalue weighted by atomic mass is 10.1. The summed E-state index contributed by atoms with van der Waals surface area (Å²) >= 11 is 0. The fourth-order valence-electron chi connectivity index (χ4n) is 2.24. The minimum atomic E-state index is -3.44. The van der Waals surface area contributed by atoms with E-state index in [9.17, 15) is 8.42 Å². The molecule has 19 heavy (non-hydrogen) atoms. The lowest BCUT2D eigenvalue weighted by molar-refractivity contribution is 0.331. The van der Waals surface area contributed by atoms with Gasteiger partial charge in [0, 0.05) is 25.1 Å². The molecule has 2 heterocycles. The van der Waals surface area contributed by atoms with Gasteiger partial charge in [0.05, 0.1) is 11.1 Å². The van der Waals surface area contributed by atoms with E-state index in [-0.39, 0.29) is 0 Å². The Morgan fingerprint density at radius 2 is 2.21 bits per heavy atom. The monoisotopic (exact) mass is 278 g/mol. The minimum absolute atomic E-state index is 0.328. The Morgan fingerprint density at radius 3 is 3.00 bits per heavy atom. The van der Waals surface area contributed by atoms with Crippen LogP contribution in [0.25, 0.3) is 0 Å². The zero-order valence-corrected chi connectivity index (χ0v) is 11.4. The van der Waals surface area contributed by atoms with Crippen molar-refractivity contribution in [3.63, 3.8) is 0 Å². The summed E-state index contributed by atoms with van der Waals surface area (Å²) in [5.74, 6) is 0.788. The normalized spacial score (nSPS) is 16.3. The Bertz CT molecular complexity index is 706. The first-order chi connectivity index (χ1) is 9.07. The van der Waals surface area contributed by atoms with E-state index in [4.69, 9.17) is 4.52 Å². The van der Waals surface area contributed by atoms with Crippen LogP contribution >= 0.6 is 0 Å². The average molecular weight is 278 g/mol. The van der Waals surface area contributed by atoms with Gasteiger partial charge in [-0.3, -0.25) is 0 Å². The molecule has 0 amide bonds. The van der Waals surface area contributed by atoms with Crippen LogP contribution in [0.15, 0.2) is 39.9 Å². The van der Waals surface area contributed by atoms with Crippen LogP contribution in [-0.2, 0) is 23.0 Å². The van der Waals surface area contributed by atoms with Crippen LogP contribution in [-0.4, -0.2) is 24.4 Å². The molecule has 0 N–H and O–H groups in total. The van der Waals surface area contributed by atoms with Gasteiger partial charge in [0.1, 0.15) is 5.76 Å². The van der Waals surface area contributed by atoms with Crippen LogP contribution in [0.3, 0.4) is 0 Å². The highest BCUT2D eigenvalue weighted by Crippen LogP contribution is 2.24. The summed E-state index contributed by atoms with van der Waals surface area (Å²) < 4.78 is 31.6. The summed E-state index contributed by atoms with van der Waals surface area (Å²) in [6, 6.07) is 6.97. The molecule has 1 aromatic heterocycles. The van der Waals surface area contributed by atoms with Crippen LogP contribution < -0.4 is 0 Å². The third-order valence-corrected chi connectivity index (χ3v) is 5.13. The van der Waals surface area contributed by atoms with Crippen molar-refractivity contribution in [1.82, 2.24) is 9.46 Å². The molecular weight excluding hydrogens is 264 g/mol. The quantitative estimate of drug-likeness (QED) is 0.839. The molecule has 0 saturated carbocycles. The van der Waals surface area contributed by atoms with Crippen molar-refractivity contribution in [2.75, 3.05) is 6.54 Å². The van der Waals surface area contributed by atoms with Crippen molar-refractivity contribution in [3.05, 3.63) is 47.3 Å². The van der Waals surface area contributed by atoms with Gasteiger partial charge in [-0.25, -0.2) is 8.42 Å². The molecule has 3 rings (SSSR count). The zero-order valence-electron chi connectivity index (χ0n) is 10.5. The molecule has 0 saturated heterocycles. The smallest absolute Gasteiger partial charge is 0.243 e. The second kappa shape index (κ2) is 4.47. The number of sulfonamides is 1. The summed E-state index contributed by atoms with van der Waals surface area (Å²) in [6.07, 6.45) is 2.16. The van der Waals surface area contributed by atoms with E-state index in [1.165, 1.54) is 4.31 Å². The number of aryl methyl sites for hydroxylation is 1. The average Bonchev–Trinajstić information content (AvgIpc) is 2.85. The third-order valence-electron chi connectivity index (χ3n) is 3.29. The Morgan fingerprint density at radius 1 is 1.37 bits per heavy atom. The maximum absolute atomic E-state index is 12.5. The molecule has 0 atom stereocenters. The van der Waals surface area contributed by atoms with Crippen molar-refractivity contribution in [3.8, 4) is 0 Å². The van der Waals surface area contributed by atoms with Gasteiger partial charge in [-0.2, -0.15) is 4.31 Å². The van der Waals surface area contributed by atoms with E-state index < -0.39 is 10.0 Å². The van der Waals surface area contributed by atoms with Gasteiger partial charge in [-0.05, 0) is 24.6 Å². The zero-order chi connectivity index (χ0) is 13.5. The molecule has 5 nitrogen and oxygen atoms in total. The van der Waals surface area contributed by atoms with E-state index >= 15 is 0 Å². The van der Waals surface area contributed by atoms with Crippen LogP contribution in [0.5, 0.6) is 0 Å². The standard InChI is InChI=1S/C13H14N2O3S/c1-10-3-2-4-12(7-10)19(16,17)15-6-5-13-11(9-15)8-14-18-13/h2-4,7-8H,5-6,9H2,1H3. The number of aromatic nitrogens is 1. The van der Waals surface area contributed by atoms with Crippen LogP contribution in [0.1, 0.15) is 16.9 Å². The first kappa shape index (κ1) is 12.4. The molecule has 0 radical (unpaired) electrons. The second-order valence-corrected chi connectivity index (χ2v) is 6.62. The number of fused-ring (bicyclic) bond motifs is 1. The molecule has 2 aromatic rings. The molecule has 0 bridgehead atoms. The Kier molecular flexibility index (Phi) is 2.91. The van der Waals surface area contributed by atoms with Crippen molar-refractivity contribution >= 4 is 10.0 Å². The number of hydrogen-bond acceptors (Lipinski definition) is 4. The van der Waals surface area contributed by atoms with Gasteiger partial charge in [0.25, 0.3) is 0 Å². The van der Waals surface area contributed by atoms with Gasteiger partial charge < -0.3 is 4.52 Å². The van der Waals surface area contributed by atoms with E-state index in [0.29, 0.717) is 24.4 Å². The Labute approximate surface area is 111 Å². The van der Waals surface area contributed by atoms with E-state index in [0.717, 1.165) is 16.9 Å². The van der Waals surface area contributed by atoms with Gasteiger partial charge in [0.2, 0.25) is 10.0 Å². The highest BCUT2D eigenvalue weighted by molar-refractivity contribution is 7.89. The predicted molar refractivity (Wildman–Crippen MR) is 69.0 cm³/mol. The summed E-state index contributed by atoms with van der Waals surface area (Å²) in [4.78, 5) is 0.340. The molecule has 0 spiro atoms. The van der Waals surface area contributed by atoms with Gasteiger partial charge in [0.15, 0.2) is 0 Å². The van der Waals surface area contributed by atoms with Crippen molar-refractivity contribution in [1.29, 1.82) is 0 Å². The van der Waals surface area contributed by atoms with Crippen LogP contribution in [0, 0.1) is 6.92 Å². The summed E-state index contributed by atoms with van der Waals surface area (Å²) in [6.45, 7) is 2.64. The Hall–Kier alpha value is -1.66. The second-order valence-electron chi connectivity index (χ2n) is 4.68. The molecule has 0 aliphatic carbocycles. The maximum Gasteiger partial charge on any atom is 0.243 e. The number of hydrogen-bond donors (Lipinski definition) is 0. The summed E-state index contributed by atoms with van der Waals surface area (Å²) in [5.41, 5.74) is 1.78. The topological polar surface area (TPSA) is 63.4 Å². The maximum atomic E-state index is 12.5. The van der Waals surface area contributed by atoms with Crippen LogP contribution in [0.2, 0.25) is 0 Å². The van der Waals surface area contributed by atoms with Crippen molar-refractivity contribution in [2.45, 2.75) is 24.8 Å². The van der Waals surface area contributed by atoms with Gasteiger partial charge >= 0.3 is 0 Å². The van der Waals surface area contributed by atoms with E-state index in [1.54, 1.807) is 24.4 Å². The number of benzene rings is 1. The highest BCUT2D eigenvalue weighted by Gasteiger charge is 2.30. The van der Waals surface area contributed by atoms with E-state index in [2.05, 4.69) is 5.16 Å². The highest BCUT2D eigenvalue weighted by atomic mass is 32.2. The van der Waals surface area contributed by atoms with Gasteiger partial charge in [-0.15, -0.1) is 0 Å². The van der Waals surface area contributed by atoms with Gasteiger partial charge in [-0.1, -0.05) is 17.3 Å². The molecule has 1 aliphatic heterocycles. The van der Waals surface area contributed by atoms with E-state index in [1.807, 2.05) is 13.0 Å². The van der Waals surface area contributed by atoms with Crippen LogP contribution in [0.4, 0.5) is 0 Å². The predicted octanol–water partition coefficient (Wildman–Crippen LogP) is 1.73. The molecule has 6 heteroatoms. The van der Waals surface area contributed by atoms with Crippen molar-refractivity contribution in [2.24, 2.45) is 0 Å². The molecular formula is C13H14N2O3S. The Balaban J connectivity index is 1.94. The number of rotatable bonds is 2. The molecule has 1 aliphatic rings. The molecule has 1 aromatic carbocycles. The lowest BCUT2D eigenvalue weighted by Gasteiger charge is -2.25. The fraction of sp³-hybridized carbons (Fsp3) is 0.308.